The van der Waals surface area contributed by atoms with Gasteiger partial charge in [0.25, 0.3) is 11.5 Å². The van der Waals surface area contributed by atoms with E-state index in [4.69, 9.17) is 0 Å². The summed E-state index contributed by atoms with van der Waals surface area (Å²) in [7, 11) is 0. The summed E-state index contributed by atoms with van der Waals surface area (Å²) in [6.07, 6.45) is 3.89. The Morgan fingerprint density at radius 3 is 2.68 bits per heavy atom. The lowest BCUT2D eigenvalue weighted by molar-refractivity contribution is 0.0629. The number of aryl methyl sites for hydroxylation is 2. The predicted octanol–water partition coefficient (Wildman–Crippen LogP) is 2.97. The zero-order chi connectivity index (χ0) is 20.9. The van der Waals surface area contributed by atoms with E-state index in [-0.39, 0.29) is 11.5 Å². The van der Waals surface area contributed by atoms with Gasteiger partial charge >= 0.3 is 0 Å². The van der Waals surface area contributed by atoms with Crippen molar-refractivity contribution in [3.8, 4) is 0 Å². The molecule has 2 aromatic carbocycles. The number of rotatable bonds is 3. The highest BCUT2D eigenvalue weighted by Gasteiger charge is 2.25. The smallest absolute Gasteiger partial charge is 0.258 e. The molecule has 1 aliphatic heterocycles. The third-order valence-corrected chi connectivity index (χ3v) is 7.27. The molecule has 0 spiro atoms. The van der Waals surface area contributed by atoms with Gasteiger partial charge in [0.15, 0.2) is 4.96 Å². The standard InChI is InChI=1S/C24H22N4O2S/c29-21-14-18(25-24-28(21)12-13-31-24)15-26-8-10-27(11-9-26)23(30)20-7-6-17-5-4-16-2-1-3-19(20)22(16)17/h1-3,6-7,12-14H,4-5,8-11,15H2. The number of hydrogen-bond acceptors (Lipinski definition) is 5. The van der Waals surface area contributed by atoms with Gasteiger partial charge < -0.3 is 4.90 Å². The van der Waals surface area contributed by atoms with E-state index in [2.05, 4.69) is 34.1 Å². The van der Waals surface area contributed by atoms with Gasteiger partial charge in [0.1, 0.15) is 0 Å². The topological polar surface area (TPSA) is 57.9 Å². The van der Waals surface area contributed by atoms with Crippen molar-refractivity contribution in [2.24, 2.45) is 0 Å². The lowest BCUT2D eigenvalue weighted by Gasteiger charge is -2.34. The number of fused-ring (bicyclic) bond motifs is 1. The monoisotopic (exact) mass is 430 g/mol. The van der Waals surface area contributed by atoms with Crippen LogP contribution in [0.3, 0.4) is 0 Å². The minimum absolute atomic E-state index is 0.0397. The second-order valence-corrected chi connectivity index (χ2v) is 9.19. The number of benzene rings is 2. The summed E-state index contributed by atoms with van der Waals surface area (Å²) in [5, 5.41) is 4.25. The molecule has 0 saturated carbocycles. The average Bonchev–Trinajstić information content (AvgIpc) is 3.43. The van der Waals surface area contributed by atoms with Gasteiger partial charge in [0.05, 0.1) is 5.69 Å². The van der Waals surface area contributed by atoms with Gasteiger partial charge in [0, 0.05) is 55.9 Å². The number of aromatic nitrogens is 2. The van der Waals surface area contributed by atoms with Crippen molar-refractivity contribution in [2.75, 3.05) is 26.2 Å². The number of piperazine rings is 1. The van der Waals surface area contributed by atoms with E-state index in [0.717, 1.165) is 47.5 Å². The summed E-state index contributed by atoms with van der Waals surface area (Å²) >= 11 is 1.47. The van der Waals surface area contributed by atoms with Crippen LogP contribution < -0.4 is 5.56 Å². The zero-order valence-electron chi connectivity index (χ0n) is 17.1. The van der Waals surface area contributed by atoms with Crippen LogP contribution in [0, 0.1) is 0 Å². The van der Waals surface area contributed by atoms with Crippen molar-refractivity contribution in [3.05, 3.63) is 80.7 Å². The van der Waals surface area contributed by atoms with E-state index in [1.54, 1.807) is 16.7 Å². The fourth-order valence-corrected chi connectivity index (χ4v) is 5.65. The van der Waals surface area contributed by atoms with Crippen LogP contribution in [0.5, 0.6) is 0 Å². The molecule has 4 aromatic rings. The average molecular weight is 431 g/mol. The summed E-state index contributed by atoms with van der Waals surface area (Å²) in [5.74, 6) is 0.117. The molecular weight excluding hydrogens is 408 g/mol. The number of thiazole rings is 1. The Morgan fingerprint density at radius 1 is 1.03 bits per heavy atom. The Kier molecular flexibility index (Phi) is 4.40. The largest absolute Gasteiger partial charge is 0.336 e. The van der Waals surface area contributed by atoms with Crippen molar-refractivity contribution in [1.29, 1.82) is 0 Å². The van der Waals surface area contributed by atoms with Gasteiger partial charge in [-0.25, -0.2) is 4.98 Å². The van der Waals surface area contributed by atoms with Crippen LogP contribution in [0.2, 0.25) is 0 Å². The molecule has 0 unspecified atom stereocenters. The first kappa shape index (κ1) is 18.7. The number of hydrogen-bond donors (Lipinski definition) is 0. The summed E-state index contributed by atoms with van der Waals surface area (Å²) in [6.45, 7) is 3.55. The second kappa shape index (κ2) is 7.28. The summed E-state index contributed by atoms with van der Waals surface area (Å²) < 4.78 is 1.57. The summed E-state index contributed by atoms with van der Waals surface area (Å²) in [5.41, 5.74) is 4.28. The number of carbonyl (C=O) groups is 1. The molecule has 1 saturated heterocycles. The van der Waals surface area contributed by atoms with E-state index in [1.165, 1.54) is 27.8 Å². The maximum absolute atomic E-state index is 13.3. The molecule has 0 bridgehead atoms. The first-order valence-corrected chi connectivity index (χ1v) is 11.6. The highest BCUT2D eigenvalue weighted by Crippen LogP contribution is 2.33. The van der Waals surface area contributed by atoms with Crippen LogP contribution in [0.15, 0.2) is 52.8 Å². The third kappa shape index (κ3) is 3.16. The SMILES string of the molecule is O=C(c1ccc2c3c(cccc13)CC2)N1CCN(Cc2cc(=O)n3ccsc3n2)CC1. The third-order valence-electron chi connectivity index (χ3n) is 6.51. The molecule has 6 nitrogen and oxygen atoms in total. The van der Waals surface area contributed by atoms with Gasteiger partial charge in [-0.3, -0.25) is 18.9 Å². The van der Waals surface area contributed by atoms with E-state index < -0.39 is 0 Å². The molecule has 156 valence electrons. The normalized spacial score (nSPS) is 16.5. The Bertz CT molecular complexity index is 1370. The molecule has 1 aliphatic carbocycles. The molecule has 1 fully saturated rings. The maximum atomic E-state index is 13.3. The van der Waals surface area contributed by atoms with E-state index in [0.29, 0.717) is 19.6 Å². The van der Waals surface area contributed by atoms with Crippen LogP contribution in [-0.2, 0) is 19.4 Å². The van der Waals surface area contributed by atoms with Gasteiger partial charge in [-0.1, -0.05) is 24.3 Å². The van der Waals surface area contributed by atoms with Crippen LogP contribution in [-0.4, -0.2) is 51.3 Å². The van der Waals surface area contributed by atoms with Crippen LogP contribution in [0.25, 0.3) is 15.7 Å². The Balaban J connectivity index is 1.18. The molecule has 0 N–H and O–H groups in total. The number of carbonyl (C=O) groups excluding carboxylic acids is 1. The Hall–Kier alpha value is -3.03. The van der Waals surface area contributed by atoms with Crippen molar-refractivity contribution < 1.29 is 4.79 Å². The fraction of sp³-hybridized carbons (Fsp3) is 0.292. The Labute approximate surface area is 183 Å². The van der Waals surface area contributed by atoms with Crippen molar-refractivity contribution in [2.45, 2.75) is 19.4 Å². The Morgan fingerprint density at radius 2 is 1.84 bits per heavy atom. The summed E-state index contributed by atoms with van der Waals surface area (Å²) in [4.78, 5) is 35.1. The highest BCUT2D eigenvalue weighted by atomic mass is 32.1. The first-order chi connectivity index (χ1) is 15.2. The molecule has 3 heterocycles. The van der Waals surface area contributed by atoms with Crippen LogP contribution in [0.4, 0.5) is 0 Å². The van der Waals surface area contributed by atoms with Crippen molar-refractivity contribution in [3.63, 3.8) is 0 Å². The molecular formula is C24H22N4O2S. The van der Waals surface area contributed by atoms with Gasteiger partial charge in [-0.2, -0.15) is 0 Å². The quantitative estimate of drug-likeness (QED) is 0.502. The molecule has 6 rings (SSSR count). The fourth-order valence-electron chi connectivity index (χ4n) is 4.91. The lowest BCUT2D eigenvalue weighted by atomic mass is 9.99. The van der Waals surface area contributed by atoms with Gasteiger partial charge in [0.2, 0.25) is 0 Å². The van der Waals surface area contributed by atoms with Crippen molar-refractivity contribution in [1.82, 2.24) is 19.2 Å². The van der Waals surface area contributed by atoms with E-state index >= 15 is 0 Å². The molecule has 2 aromatic heterocycles. The van der Waals surface area contributed by atoms with E-state index in [1.807, 2.05) is 16.3 Å². The first-order valence-electron chi connectivity index (χ1n) is 10.7. The zero-order valence-corrected chi connectivity index (χ0v) is 17.9. The van der Waals surface area contributed by atoms with Gasteiger partial charge in [-0.15, -0.1) is 11.3 Å². The number of nitrogens with zero attached hydrogens (tertiary/aromatic N) is 4. The molecule has 0 radical (unpaired) electrons. The summed E-state index contributed by atoms with van der Waals surface area (Å²) in [6, 6.07) is 12.1. The maximum Gasteiger partial charge on any atom is 0.258 e. The minimum atomic E-state index is -0.0397. The molecule has 7 heteroatoms. The van der Waals surface area contributed by atoms with Crippen LogP contribution >= 0.6 is 11.3 Å². The molecule has 0 atom stereocenters. The number of amides is 1. The lowest BCUT2D eigenvalue weighted by Crippen LogP contribution is -2.48. The highest BCUT2D eigenvalue weighted by molar-refractivity contribution is 7.15. The van der Waals surface area contributed by atoms with Crippen LogP contribution in [0.1, 0.15) is 27.2 Å². The van der Waals surface area contributed by atoms with Gasteiger partial charge in [-0.05, 0) is 40.8 Å². The minimum Gasteiger partial charge on any atom is -0.336 e. The molecule has 2 aliphatic rings. The second-order valence-electron chi connectivity index (χ2n) is 8.32. The van der Waals surface area contributed by atoms with E-state index in [9.17, 15) is 9.59 Å². The molecule has 31 heavy (non-hydrogen) atoms. The van der Waals surface area contributed by atoms with Crippen molar-refractivity contribution >= 4 is 33.0 Å². The predicted molar refractivity (Wildman–Crippen MR) is 122 cm³/mol. The molecule has 1 amide bonds.